The minimum atomic E-state index is -0.842. The molecule has 1 fully saturated rings. The Morgan fingerprint density at radius 3 is 2.70 bits per heavy atom. The number of esters is 1. The third-order valence-electron chi connectivity index (χ3n) is 6.31. The third-order valence-corrected chi connectivity index (χ3v) is 6.31. The molecule has 0 saturated carbocycles. The summed E-state index contributed by atoms with van der Waals surface area (Å²) in [6, 6.07) is 16.7. The maximum atomic E-state index is 13.7. The first kappa shape index (κ1) is 25.5. The Bertz CT molecular complexity index is 1370. The Balaban J connectivity index is 1.66. The predicted octanol–water partition coefficient (Wildman–Crippen LogP) is 3.97. The molecule has 3 aromatic rings. The van der Waals surface area contributed by atoms with Gasteiger partial charge in [-0.2, -0.15) is 5.26 Å². The Morgan fingerprint density at radius 2 is 2.00 bits per heavy atom. The van der Waals surface area contributed by atoms with Crippen LogP contribution in [0.4, 0.5) is 5.69 Å². The first-order chi connectivity index (χ1) is 17.9. The largest absolute Gasteiger partial charge is 0.465 e. The number of carbonyl (C=O) groups excluding carboxylic acids is 3. The molecule has 2 N–H and O–H groups in total. The van der Waals surface area contributed by atoms with E-state index in [4.69, 9.17) is 9.15 Å². The van der Waals surface area contributed by atoms with E-state index in [0.29, 0.717) is 37.1 Å². The fourth-order valence-corrected chi connectivity index (χ4v) is 4.51. The number of hydrogen-bond donors (Lipinski definition) is 2. The van der Waals surface area contributed by atoms with Gasteiger partial charge in [-0.25, -0.2) is 4.79 Å². The molecule has 1 saturated heterocycles. The van der Waals surface area contributed by atoms with Gasteiger partial charge in [0.2, 0.25) is 5.91 Å². The first-order valence-corrected chi connectivity index (χ1v) is 12.0. The van der Waals surface area contributed by atoms with Crippen molar-refractivity contribution in [3.8, 4) is 6.07 Å². The number of anilines is 1. The normalized spacial score (nSPS) is 17.3. The van der Waals surface area contributed by atoms with Crippen LogP contribution in [0, 0.1) is 18.3 Å². The van der Waals surface area contributed by atoms with E-state index in [0.717, 1.165) is 23.0 Å². The van der Waals surface area contributed by atoms with Crippen LogP contribution >= 0.6 is 0 Å². The maximum Gasteiger partial charge on any atom is 0.352 e. The summed E-state index contributed by atoms with van der Waals surface area (Å²) in [6.45, 7) is 2.26. The van der Waals surface area contributed by atoms with Gasteiger partial charge in [0.25, 0.3) is 0 Å². The molecule has 2 heterocycles. The Kier molecular flexibility index (Phi) is 7.89. The molecule has 0 bridgehead atoms. The van der Waals surface area contributed by atoms with Gasteiger partial charge in [-0.1, -0.05) is 30.3 Å². The van der Waals surface area contributed by atoms with Crippen molar-refractivity contribution in [2.75, 3.05) is 19.0 Å². The summed E-state index contributed by atoms with van der Waals surface area (Å²) in [4.78, 5) is 39.8. The average molecular weight is 501 g/mol. The maximum absolute atomic E-state index is 13.7. The number of rotatable bonds is 8. The van der Waals surface area contributed by atoms with Crippen LogP contribution < -0.4 is 10.6 Å². The lowest BCUT2D eigenvalue weighted by atomic mass is 10.1. The number of carbonyl (C=O) groups is 3. The van der Waals surface area contributed by atoms with Crippen LogP contribution in [0.15, 0.2) is 70.4 Å². The van der Waals surface area contributed by atoms with E-state index >= 15 is 0 Å². The summed E-state index contributed by atoms with van der Waals surface area (Å²) in [5.41, 5.74) is 1.70. The molecule has 1 aliphatic rings. The number of amides is 1. The molecule has 0 radical (unpaired) electrons. The zero-order chi connectivity index (χ0) is 26.4. The van der Waals surface area contributed by atoms with Gasteiger partial charge in [0, 0.05) is 17.6 Å². The van der Waals surface area contributed by atoms with Crippen LogP contribution in [-0.2, 0) is 19.1 Å². The molecule has 0 aliphatic carbocycles. The number of nitrogens with zero attached hydrogens (tertiary/aromatic N) is 2. The van der Waals surface area contributed by atoms with Crippen LogP contribution in [0.25, 0.3) is 11.0 Å². The number of aldehydes is 1. The van der Waals surface area contributed by atoms with Gasteiger partial charge in [0.05, 0.1) is 7.11 Å². The number of likely N-dealkylation sites (tertiary alicyclic amines) is 1. The second kappa shape index (κ2) is 11.4. The number of aryl methyl sites for hydroxylation is 1. The summed E-state index contributed by atoms with van der Waals surface area (Å²) in [6.07, 6.45) is 2.66. The van der Waals surface area contributed by atoms with Crippen molar-refractivity contribution < 1.29 is 23.5 Å². The number of nitriles is 1. The van der Waals surface area contributed by atoms with Crippen LogP contribution in [0.5, 0.6) is 0 Å². The van der Waals surface area contributed by atoms with Crippen LogP contribution in [0.3, 0.4) is 0 Å². The highest BCUT2D eigenvalue weighted by atomic mass is 16.5. The molecule has 37 heavy (non-hydrogen) atoms. The van der Waals surface area contributed by atoms with Crippen molar-refractivity contribution >= 4 is 34.8 Å². The summed E-state index contributed by atoms with van der Waals surface area (Å²) in [5, 5.41) is 16.8. The average Bonchev–Trinajstić information content (AvgIpc) is 3.19. The van der Waals surface area contributed by atoms with Crippen molar-refractivity contribution in [1.82, 2.24) is 10.2 Å². The molecule has 1 aromatic heterocycles. The fraction of sp³-hybridized carbons (Fsp3) is 0.286. The second-order valence-electron chi connectivity index (χ2n) is 8.80. The Labute approximate surface area is 214 Å². The van der Waals surface area contributed by atoms with Gasteiger partial charge < -0.3 is 29.5 Å². The van der Waals surface area contributed by atoms with Crippen LogP contribution in [-0.4, -0.2) is 42.8 Å². The van der Waals surface area contributed by atoms with Crippen molar-refractivity contribution in [3.05, 3.63) is 77.3 Å². The number of ether oxygens (including phenoxy) is 1. The highest BCUT2D eigenvalue weighted by molar-refractivity contribution is 5.95. The van der Waals surface area contributed by atoms with Crippen molar-refractivity contribution in [1.29, 1.82) is 5.26 Å². The zero-order valence-corrected chi connectivity index (χ0v) is 20.7. The van der Waals surface area contributed by atoms with Gasteiger partial charge in [-0.3, -0.25) is 4.79 Å². The van der Waals surface area contributed by atoms with E-state index in [1.54, 1.807) is 17.0 Å². The molecular weight excluding hydrogens is 472 g/mol. The Hall–Kier alpha value is -4.58. The lowest BCUT2D eigenvalue weighted by molar-refractivity contribution is -0.138. The molecule has 9 nitrogen and oxygen atoms in total. The molecule has 2 atom stereocenters. The molecule has 1 aliphatic heterocycles. The minimum absolute atomic E-state index is 0.0523. The number of furan rings is 1. The number of benzene rings is 2. The van der Waals surface area contributed by atoms with Gasteiger partial charge in [-0.15, -0.1) is 0 Å². The predicted molar refractivity (Wildman–Crippen MR) is 137 cm³/mol. The van der Waals surface area contributed by atoms with Crippen LogP contribution in [0.1, 0.15) is 36.6 Å². The lowest BCUT2D eigenvalue weighted by Crippen LogP contribution is -2.48. The molecule has 4 rings (SSSR count). The second-order valence-corrected chi connectivity index (χ2v) is 8.80. The summed E-state index contributed by atoms with van der Waals surface area (Å²) < 4.78 is 10.4. The van der Waals surface area contributed by atoms with Gasteiger partial charge >= 0.3 is 5.97 Å². The molecule has 9 heteroatoms. The van der Waals surface area contributed by atoms with E-state index in [2.05, 4.69) is 10.6 Å². The van der Waals surface area contributed by atoms with Gasteiger partial charge in [-0.05, 0) is 56.0 Å². The molecule has 1 amide bonds. The summed E-state index contributed by atoms with van der Waals surface area (Å²) in [7, 11) is 1.19. The fourth-order valence-electron chi connectivity index (χ4n) is 4.51. The number of hydrogen-bond acceptors (Lipinski definition) is 8. The first-order valence-electron chi connectivity index (χ1n) is 12.0. The topological polar surface area (TPSA) is 125 Å². The molecular formula is C28H28N4O5. The van der Waals surface area contributed by atoms with Crippen LogP contribution in [0.2, 0.25) is 0 Å². The molecule has 190 valence electrons. The quantitative estimate of drug-likeness (QED) is 0.206. The van der Waals surface area contributed by atoms with E-state index in [1.165, 1.54) is 7.11 Å². The Morgan fingerprint density at radius 1 is 1.22 bits per heavy atom. The molecule has 0 spiro atoms. The SMILES string of the molecule is COC(=O)/C(C#N)=C(\Nc1ccc2oc(C)cc2c1)N[C@H]1CCCCN(C(C=O)c2ccccc2)C1=O. The third kappa shape index (κ3) is 5.64. The lowest BCUT2D eigenvalue weighted by Gasteiger charge is -2.31. The molecule has 1 unspecified atom stereocenters. The monoisotopic (exact) mass is 500 g/mol. The van der Waals surface area contributed by atoms with Crippen molar-refractivity contribution in [2.45, 2.75) is 38.3 Å². The van der Waals surface area contributed by atoms with E-state index in [9.17, 15) is 19.6 Å². The minimum Gasteiger partial charge on any atom is -0.465 e. The number of methoxy groups -OCH3 is 1. The summed E-state index contributed by atoms with van der Waals surface area (Å²) >= 11 is 0. The standard InChI is InChI=1S/C28H28N4O5/c1-18-14-20-15-21(11-12-25(20)37-18)30-26(22(16-29)28(35)36-2)31-23-10-6-7-13-32(27(23)34)24(17-33)19-8-4-3-5-9-19/h3-5,8-9,11-12,14-15,17,23-24,30-31H,6-7,10,13H2,1-2H3/b26-22+/t23-,24?/m0/s1. The van der Waals surface area contributed by atoms with Crippen molar-refractivity contribution in [2.24, 2.45) is 0 Å². The highest BCUT2D eigenvalue weighted by Gasteiger charge is 2.33. The molecule has 2 aromatic carbocycles. The number of nitrogens with one attached hydrogen (secondary N) is 2. The summed E-state index contributed by atoms with van der Waals surface area (Å²) in [5.74, 6) is -0.330. The smallest absolute Gasteiger partial charge is 0.352 e. The van der Waals surface area contributed by atoms with E-state index < -0.39 is 18.1 Å². The van der Waals surface area contributed by atoms with E-state index in [1.807, 2.05) is 55.5 Å². The van der Waals surface area contributed by atoms with E-state index in [-0.39, 0.29) is 17.3 Å². The van der Waals surface area contributed by atoms with Gasteiger partial charge in [0.1, 0.15) is 41.6 Å². The highest BCUT2D eigenvalue weighted by Crippen LogP contribution is 2.26. The zero-order valence-electron chi connectivity index (χ0n) is 20.7. The van der Waals surface area contributed by atoms with Crippen molar-refractivity contribution in [3.63, 3.8) is 0 Å². The van der Waals surface area contributed by atoms with Gasteiger partial charge in [0.15, 0.2) is 5.57 Å². The number of fused-ring (bicyclic) bond motifs is 1.